The zero-order valence-corrected chi connectivity index (χ0v) is 19.1. The number of hydrogen-bond acceptors (Lipinski definition) is 4. The van der Waals surface area contributed by atoms with E-state index in [1.54, 1.807) is 19.2 Å². The lowest BCUT2D eigenvalue weighted by molar-refractivity contribution is -0.134. The van der Waals surface area contributed by atoms with Gasteiger partial charge in [0, 0.05) is 37.8 Å². The zero-order valence-electron chi connectivity index (χ0n) is 19.1. The first-order chi connectivity index (χ1) is 15.2. The molecule has 0 saturated heterocycles. The predicted octanol–water partition coefficient (Wildman–Crippen LogP) is 3.74. The van der Waals surface area contributed by atoms with Crippen LogP contribution in [-0.2, 0) is 14.4 Å². The van der Waals surface area contributed by atoms with Gasteiger partial charge in [0.2, 0.25) is 17.7 Å². The summed E-state index contributed by atoms with van der Waals surface area (Å²) in [5.74, 6) is -0.815. The summed E-state index contributed by atoms with van der Waals surface area (Å²) < 4.78 is 0. The third-order valence-electron chi connectivity index (χ3n) is 5.12. The van der Waals surface area contributed by atoms with E-state index in [4.69, 9.17) is 5.26 Å². The number of nitrogens with one attached hydrogen (secondary N) is 1. The Kier molecular flexibility index (Phi) is 8.96. The number of amides is 3. The van der Waals surface area contributed by atoms with Crippen LogP contribution in [0, 0.1) is 32.1 Å². The number of nitrogens with zero attached hydrogens (tertiary/aromatic N) is 3. The van der Waals surface area contributed by atoms with E-state index in [-0.39, 0.29) is 50.1 Å². The normalized spacial score (nSPS) is 10.2. The largest absolute Gasteiger partial charge is 0.336 e. The molecule has 0 aliphatic rings. The highest BCUT2D eigenvalue weighted by molar-refractivity contribution is 5.97. The van der Waals surface area contributed by atoms with E-state index < -0.39 is 0 Å². The fourth-order valence-electron chi connectivity index (χ4n) is 3.57. The third kappa shape index (κ3) is 6.95. The van der Waals surface area contributed by atoms with E-state index >= 15 is 0 Å². The molecule has 2 rings (SSSR count). The molecular weight excluding hydrogens is 404 g/mol. The highest BCUT2D eigenvalue weighted by atomic mass is 16.2. The SMILES string of the molecule is Cc1cc(C)c(NC(=O)CN(C)C(=O)CCC(=O)N(CCC#N)c2ccccc2)c(C)c1. The molecule has 168 valence electrons. The molecule has 0 saturated carbocycles. The number of rotatable bonds is 9. The van der Waals surface area contributed by atoms with E-state index in [1.165, 1.54) is 9.80 Å². The quantitative estimate of drug-likeness (QED) is 0.651. The molecule has 0 aliphatic carbocycles. The number of benzene rings is 2. The molecule has 7 heteroatoms. The molecule has 1 N–H and O–H groups in total. The summed E-state index contributed by atoms with van der Waals surface area (Å²) in [5, 5.41) is 11.8. The van der Waals surface area contributed by atoms with Crippen LogP contribution in [0.2, 0.25) is 0 Å². The summed E-state index contributed by atoms with van der Waals surface area (Å²) in [6, 6.07) is 15.1. The molecule has 0 radical (unpaired) electrons. The van der Waals surface area contributed by atoms with Crippen molar-refractivity contribution in [2.24, 2.45) is 0 Å². The van der Waals surface area contributed by atoms with Gasteiger partial charge in [-0.1, -0.05) is 35.9 Å². The van der Waals surface area contributed by atoms with Crippen LogP contribution in [0.25, 0.3) is 0 Å². The van der Waals surface area contributed by atoms with Gasteiger partial charge in [-0.2, -0.15) is 5.26 Å². The number of carbonyl (C=O) groups is 3. The Bertz CT molecular complexity index is 989. The number of likely N-dealkylation sites (N-methyl/N-ethyl adjacent to an activating group) is 1. The molecular formula is C25H30N4O3. The molecule has 0 atom stereocenters. The second-order valence-corrected chi connectivity index (χ2v) is 7.86. The molecule has 2 aromatic carbocycles. The lowest BCUT2D eigenvalue weighted by atomic mass is 10.1. The maximum absolute atomic E-state index is 12.7. The zero-order chi connectivity index (χ0) is 23.7. The summed E-state index contributed by atoms with van der Waals surface area (Å²) in [6.07, 6.45) is 0.189. The number of hydrogen-bond donors (Lipinski definition) is 1. The van der Waals surface area contributed by atoms with Gasteiger partial charge in [-0.25, -0.2) is 0 Å². The van der Waals surface area contributed by atoms with Crippen LogP contribution in [0.3, 0.4) is 0 Å². The van der Waals surface area contributed by atoms with E-state index in [0.29, 0.717) is 5.69 Å². The van der Waals surface area contributed by atoms with Gasteiger partial charge in [0.25, 0.3) is 0 Å². The predicted molar refractivity (Wildman–Crippen MR) is 125 cm³/mol. The van der Waals surface area contributed by atoms with Crippen LogP contribution in [0.15, 0.2) is 42.5 Å². The smallest absolute Gasteiger partial charge is 0.243 e. The first-order valence-electron chi connectivity index (χ1n) is 10.6. The van der Waals surface area contributed by atoms with Crippen LogP contribution in [0.5, 0.6) is 0 Å². The van der Waals surface area contributed by atoms with Gasteiger partial charge in [-0.05, 0) is 44.0 Å². The number of carbonyl (C=O) groups excluding carboxylic acids is 3. The van der Waals surface area contributed by atoms with Crippen molar-refractivity contribution in [3.05, 3.63) is 59.2 Å². The van der Waals surface area contributed by atoms with Crippen LogP contribution in [0.4, 0.5) is 11.4 Å². The Labute approximate surface area is 189 Å². The molecule has 7 nitrogen and oxygen atoms in total. The second kappa shape index (κ2) is 11.7. The van der Waals surface area contributed by atoms with Crippen molar-refractivity contribution < 1.29 is 14.4 Å². The maximum Gasteiger partial charge on any atom is 0.243 e. The van der Waals surface area contributed by atoms with Crippen molar-refractivity contribution in [3.8, 4) is 6.07 Å². The van der Waals surface area contributed by atoms with E-state index in [0.717, 1.165) is 22.4 Å². The number of nitriles is 1. The fraction of sp³-hybridized carbons (Fsp3) is 0.360. The van der Waals surface area contributed by atoms with Crippen LogP contribution < -0.4 is 10.2 Å². The van der Waals surface area contributed by atoms with Crippen LogP contribution in [0.1, 0.15) is 36.0 Å². The van der Waals surface area contributed by atoms with Crippen molar-refractivity contribution in [2.75, 3.05) is 30.4 Å². The van der Waals surface area contributed by atoms with Gasteiger partial charge >= 0.3 is 0 Å². The summed E-state index contributed by atoms with van der Waals surface area (Å²) in [5.41, 5.74) is 4.50. The Morgan fingerprint density at radius 3 is 2.16 bits per heavy atom. The molecule has 0 heterocycles. The van der Waals surface area contributed by atoms with E-state index in [1.807, 2.05) is 57.2 Å². The highest BCUT2D eigenvalue weighted by Gasteiger charge is 2.19. The molecule has 0 unspecified atom stereocenters. The van der Waals surface area contributed by atoms with Crippen molar-refractivity contribution in [2.45, 2.75) is 40.0 Å². The average molecular weight is 435 g/mol. The Hall–Kier alpha value is -3.66. The van der Waals surface area contributed by atoms with E-state index in [2.05, 4.69) is 5.32 Å². The topological polar surface area (TPSA) is 93.5 Å². The minimum absolute atomic E-state index is 0.00128. The number of aryl methyl sites for hydroxylation is 3. The molecule has 0 bridgehead atoms. The third-order valence-corrected chi connectivity index (χ3v) is 5.12. The van der Waals surface area contributed by atoms with Gasteiger partial charge < -0.3 is 15.1 Å². The minimum atomic E-state index is -0.292. The average Bonchev–Trinajstić information content (AvgIpc) is 2.75. The Morgan fingerprint density at radius 1 is 0.969 bits per heavy atom. The van der Waals surface area contributed by atoms with Crippen molar-refractivity contribution in [1.82, 2.24) is 4.90 Å². The monoisotopic (exact) mass is 434 g/mol. The number of anilines is 2. The van der Waals surface area contributed by atoms with Gasteiger partial charge in [0.05, 0.1) is 19.0 Å². The van der Waals surface area contributed by atoms with Crippen LogP contribution in [-0.4, -0.2) is 42.8 Å². The lowest BCUT2D eigenvalue weighted by Gasteiger charge is -2.22. The molecule has 2 aromatic rings. The van der Waals surface area contributed by atoms with Crippen molar-refractivity contribution in [3.63, 3.8) is 0 Å². The van der Waals surface area contributed by atoms with Crippen molar-refractivity contribution >= 4 is 29.1 Å². The fourth-order valence-corrected chi connectivity index (χ4v) is 3.57. The summed E-state index contributed by atoms with van der Waals surface area (Å²) in [6.45, 7) is 6.03. The molecule has 32 heavy (non-hydrogen) atoms. The Balaban J connectivity index is 1.92. The first-order valence-corrected chi connectivity index (χ1v) is 10.6. The standard InChI is InChI=1S/C25H30N4O3/c1-18-15-19(2)25(20(3)16-18)27-22(30)17-28(4)23(31)11-12-24(32)29(14-8-13-26)21-9-6-5-7-10-21/h5-7,9-10,15-16H,8,11-12,14,17H2,1-4H3,(H,27,30). The van der Waals surface area contributed by atoms with Crippen LogP contribution >= 0.6 is 0 Å². The second-order valence-electron chi connectivity index (χ2n) is 7.86. The van der Waals surface area contributed by atoms with E-state index in [9.17, 15) is 14.4 Å². The van der Waals surface area contributed by atoms with Gasteiger partial charge in [0.1, 0.15) is 0 Å². The minimum Gasteiger partial charge on any atom is -0.336 e. The molecule has 3 amide bonds. The van der Waals surface area contributed by atoms with Gasteiger partial charge in [-0.3, -0.25) is 14.4 Å². The molecule has 0 fully saturated rings. The summed E-state index contributed by atoms with van der Waals surface area (Å²) in [4.78, 5) is 40.5. The summed E-state index contributed by atoms with van der Waals surface area (Å²) >= 11 is 0. The van der Waals surface area contributed by atoms with Crippen molar-refractivity contribution in [1.29, 1.82) is 5.26 Å². The highest BCUT2D eigenvalue weighted by Crippen LogP contribution is 2.22. The molecule has 0 aromatic heterocycles. The number of para-hydroxylation sites is 1. The van der Waals surface area contributed by atoms with Gasteiger partial charge in [-0.15, -0.1) is 0 Å². The Morgan fingerprint density at radius 2 is 1.56 bits per heavy atom. The lowest BCUT2D eigenvalue weighted by Crippen LogP contribution is -2.37. The van der Waals surface area contributed by atoms with Gasteiger partial charge in [0.15, 0.2) is 0 Å². The summed E-state index contributed by atoms with van der Waals surface area (Å²) in [7, 11) is 1.55. The maximum atomic E-state index is 12.7. The molecule has 0 spiro atoms. The molecule has 0 aliphatic heterocycles. The first kappa shape index (κ1) is 24.6.